The van der Waals surface area contributed by atoms with Gasteiger partial charge >= 0.3 is 0 Å². The number of aliphatic hydroxyl groups is 2. The van der Waals surface area contributed by atoms with Crippen molar-refractivity contribution in [2.45, 2.75) is 12.1 Å². The first kappa shape index (κ1) is 16.6. The van der Waals surface area contributed by atoms with Gasteiger partial charge in [0.2, 0.25) is 0 Å². The van der Waals surface area contributed by atoms with E-state index in [0.717, 1.165) is 0 Å². The van der Waals surface area contributed by atoms with E-state index in [9.17, 15) is 25.1 Å². The second-order valence-electron chi connectivity index (χ2n) is 4.92. The van der Waals surface area contributed by atoms with Crippen LogP contribution in [0.5, 0.6) is 0 Å². The molecule has 3 N–H and O–H groups in total. The molecular weight excluding hydrogens is 300 g/mol. The van der Waals surface area contributed by atoms with Gasteiger partial charge in [-0.3, -0.25) is 14.9 Å². The number of hydrogen-bond acceptors (Lipinski definition) is 5. The van der Waals surface area contributed by atoms with E-state index in [2.05, 4.69) is 5.32 Å². The molecule has 7 nitrogen and oxygen atoms in total. The lowest BCUT2D eigenvalue weighted by Gasteiger charge is -2.22. The molecule has 0 aliphatic rings. The van der Waals surface area contributed by atoms with Gasteiger partial charge in [-0.2, -0.15) is 0 Å². The number of nitro benzene ring substituents is 1. The molecule has 0 aromatic heterocycles. The second-order valence-corrected chi connectivity index (χ2v) is 4.92. The molecule has 2 aromatic carbocycles. The van der Waals surface area contributed by atoms with Crippen LogP contribution in [-0.4, -0.2) is 33.7 Å². The molecule has 0 fully saturated rings. The van der Waals surface area contributed by atoms with Gasteiger partial charge in [-0.15, -0.1) is 0 Å². The number of nitro groups is 1. The molecule has 2 aromatic rings. The predicted molar refractivity (Wildman–Crippen MR) is 82.8 cm³/mol. The Balaban J connectivity index is 2.10. The lowest BCUT2D eigenvalue weighted by atomic mass is 10.0. The normalized spacial score (nSPS) is 13.1. The van der Waals surface area contributed by atoms with Crippen molar-refractivity contribution < 1.29 is 19.9 Å². The summed E-state index contributed by atoms with van der Waals surface area (Å²) in [7, 11) is 0. The molecule has 0 saturated heterocycles. The third-order valence-corrected chi connectivity index (χ3v) is 3.38. The molecule has 0 radical (unpaired) electrons. The predicted octanol–water partition coefficient (Wildman–Crippen LogP) is 1.42. The Kier molecular flexibility index (Phi) is 5.40. The number of nitrogens with one attached hydrogen (secondary N) is 1. The van der Waals surface area contributed by atoms with Gasteiger partial charge in [-0.05, 0) is 29.8 Å². The first-order valence-electron chi connectivity index (χ1n) is 6.92. The zero-order chi connectivity index (χ0) is 16.8. The van der Waals surface area contributed by atoms with Gasteiger partial charge in [0.25, 0.3) is 11.6 Å². The van der Waals surface area contributed by atoms with Crippen molar-refractivity contribution in [1.29, 1.82) is 0 Å². The van der Waals surface area contributed by atoms with Crippen LogP contribution in [0.3, 0.4) is 0 Å². The lowest BCUT2D eigenvalue weighted by molar-refractivity contribution is -0.384. The molecule has 0 aliphatic heterocycles. The van der Waals surface area contributed by atoms with E-state index in [4.69, 9.17) is 0 Å². The van der Waals surface area contributed by atoms with Crippen molar-refractivity contribution in [3.63, 3.8) is 0 Å². The minimum absolute atomic E-state index is 0.102. The Bertz CT molecular complexity index is 673. The van der Waals surface area contributed by atoms with Gasteiger partial charge in [-0.25, -0.2) is 0 Å². The highest BCUT2D eigenvalue weighted by atomic mass is 16.6. The van der Waals surface area contributed by atoms with Crippen molar-refractivity contribution in [1.82, 2.24) is 5.32 Å². The van der Waals surface area contributed by atoms with Crippen LogP contribution in [0.2, 0.25) is 0 Å². The molecule has 1 amide bonds. The van der Waals surface area contributed by atoms with Crippen LogP contribution in [-0.2, 0) is 0 Å². The third-order valence-electron chi connectivity index (χ3n) is 3.38. The summed E-state index contributed by atoms with van der Waals surface area (Å²) >= 11 is 0. The fourth-order valence-electron chi connectivity index (χ4n) is 2.09. The molecule has 2 unspecified atom stereocenters. The summed E-state index contributed by atoms with van der Waals surface area (Å²) in [6, 6.07) is 12.8. The monoisotopic (exact) mass is 316 g/mol. The summed E-state index contributed by atoms with van der Waals surface area (Å²) in [5.74, 6) is -0.425. The van der Waals surface area contributed by atoms with Crippen molar-refractivity contribution in [2.75, 3.05) is 6.61 Å². The highest BCUT2D eigenvalue weighted by Gasteiger charge is 2.23. The average Bonchev–Trinajstić information content (AvgIpc) is 2.59. The lowest BCUT2D eigenvalue weighted by Crippen LogP contribution is -2.41. The number of aliphatic hydroxyl groups excluding tert-OH is 2. The van der Waals surface area contributed by atoms with Crippen LogP contribution in [0.15, 0.2) is 54.6 Å². The number of rotatable bonds is 6. The molecule has 0 saturated carbocycles. The summed E-state index contributed by atoms with van der Waals surface area (Å²) in [5, 5.41) is 32.8. The molecule has 0 aliphatic carbocycles. The quantitative estimate of drug-likeness (QED) is 0.551. The molecule has 0 heterocycles. The highest BCUT2D eigenvalue weighted by Crippen LogP contribution is 2.20. The number of hydrogen-bond donors (Lipinski definition) is 3. The van der Waals surface area contributed by atoms with E-state index in [0.29, 0.717) is 11.1 Å². The topological polar surface area (TPSA) is 113 Å². The molecule has 23 heavy (non-hydrogen) atoms. The Hall–Kier alpha value is -2.77. The smallest absolute Gasteiger partial charge is 0.269 e. The van der Waals surface area contributed by atoms with Crippen molar-refractivity contribution in [3.05, 3.63) is 75.8 Å². The number of carbonyl (C=O) groups is 1. The Morgan fingerprint density at radius 1 is 1.13 bits per heavy atom. The van der Waals surface area contributed by atoms with Gasteiger partial charge in [0.15, 0.2) is 0 Å². The van der Waals surface area contributed by atoms with Crippen LogP contribution in [0.4, 0.5) is 5.69 Å². The molecule has 2 atom stereocenters. The van der Waals surface area contributed by atoms with Crippen molar-refractivity contribution in [2.24, 2.45) is 0 Å². The molecule has 0 spiro atoms. The number of amides is 1. The Morgan fingerprint density at radius 2 is 1.74 bits per heavy atom. The maximum atomic E-state index is 12.1. The maximum Gasteiger partial charge on any atom is 0.269 e. The van der Waals surface area contributed by atoms with Crippen LogP contribution in [0, 0.1) is 10.1 Å². The Morgan fingerprint density at radius 3 is 2.26 bits per heavy atom. The molecule has 2 rings (SSSR count). The van der Waals surface area contributed by atoms with E-state index in [-0.39, 0.29) is 5.69 Å². The van der Waals surface area contributed by atoms with E-state index in [1.54, 1.807) is 30.3 Å². The van der Waals surface area contributed by atoms with Gasteiger partial charge in [-0.1, -0.05) is 18.2 Å². The second kappa shape index (κ2) is 7.48. The first-order valence-corrected chi connectivity index (χ1v) is 6.92. The van der Waals surface area contributed by atoms with Crippen LogP contribution < -0.4 is 5.32 Å². The van der Waals surface area contributed by atoms with Crippen LogP contribution in [0.25, 0.3) is 0 Å². The van der Waals surface area contributed by atoms with Crippen molar-refractivity contribution in [3.8, 4) is 0 Å². The van der Waals surface area contributed by atoms with Gasteiger partial charge < -0.3 is 15.5 Å². The minimum atomic E-state index is -1.19. The average molecular weight is 316 g/mol. The summed E-state index contributed by atoms with van der Waals surface area (Å²) in [4.78, 5) is 22.1. The minimum Gasteiger partial charge on any atom is -0.394 e. The van der Waals surface area contributed by atoms with Gasteiger partial charge in [0.05, 0.1) is 17.6 Å². The molecule has 120 valence electrons. The maximum absolute atomic E-state index is 12.1. The van der Waals surface area contributed by atoms with E-state index in [1.165, 1.54) is 24.3 Å². The zero-order valence-corrected chi connectivity index (χ0v) is 12.1. The van der Waals surface area contributed by atoms with E-state index < -0.39 is 29.6 Å². The summed E-state index contributed by atoms with van der Waals surface area (Å²) < 4.78 is 0. The summed E-state index contributed by atoms with van der Waals surface area (Å²) in [6.45, 7) is -0.475. The first-order chi connectivity index (χ1) is 11.0. The van der Waals surface area contributed by atoms with E-state index >= 15 is 0 Å². The molecule has 7 heteroatoms. The van der Waals surface area contributed by atoms with Crippen molar-refractivity contribution >= 4 is 11.6 Å². The Labute approximate surface area is 132 Å². The van der Waals surface area contributed by atoms with E-state index in [1.807, 2.05) is 0 Å². The largest absolute Gasteiger partial charge is 0.394 e. The van der Waals surface area contributed by atoms with Gasteiger partial charge in [0, 0.05) is 17.7 Å². The van der Waals surface area contributed by atoms with Crippen LogP contribution in [0.1, 0.15) is 22.0 Å². The highest BCUT2D eigenvalue weighted by molar-refractivity contribution is 5.94. The molecular formula is C16H16N2O5. The fraction of sp³-hybridized carbons (Fsp3) is 0.188. The van der Waals surface area contributed by atoms with Gasteiger partial charge in [0.1, 0.15) is 6.10 Å². The number of benzene rings is 2. The third kappa shape index (κ3) is 4.12. The summed E-state index contributed by atoms with van der Waals surface area (Å²) in [5.41, 5.74) is 0.666. The number of carbonyl (C=O) groups excluding carboxylic acids is 1. The molecule has 0 bridgehead atoms. The zero-order valence-electron chi connectivity index (χ0n) is 12.1. The fourth-order valence-corrected chi connectivity index (χ4v) is 2.09. The number of nitrogens with zero attached hydrogens (tertiary/aromatic N) is 1. The number of non-ortho nitro benzene ring substituents is 1. The van der Waals surface area contributed by atoms with Crippen LogP contribution >= 0.6 is 0 Å². The SMILES string of the molecule is O=C(NC(CO)C(O)c1ccc([N+](=O)[O-])cc1)c1ccccc1. The summed E-state index contributed by atoms with van der Waals surface area (Å²) in [6.07, 6.45) is -1.19. The standard InChI is InChI=1S/C16H16N2O5/c19-10-14(17-16(21)12-4-2-1-3-5-12)15(20)11-6-8-13(9-7-11)18(22)23/h1-9,14-15,19-20H,10H2,(H,17,21).